The van der Waals surface area contributed by atoms with Gasteiger partial charge in [0, 0.05) is 25.9 Å². The molecule has 1 fully saturated rings. The molecular weight excluding hydrogens is 184 g/mol. The summed E-state index contributed by atoms with van der Waals surface area (Å²) in [5.74, 6) is -0.221. The van der Waals surface area contributed by atoms with Gasteiger partial charge >= 0.3 is 5.91 Å². The van der Waals surface area contributed by atoms with E-state index >= 15 is 0 Å². The van der Waals surface area contributed by atoms with Crippen LogP contribution in [0.2, 0.25) is 0 Å². The van der Waals surface area contributed by atoms with E-state index in [0.29, 0.717) is 25.1 Å². The van der Waals surface area contributed by atoms with Crippen LogP contribution in [-0.4, -0.2) is 35.5 Å². The molecule has 2 aliphatic heterocycles. The van der Waals surface area contributed by atoms with Gasteiger partial charge in [-0.25, -0.2) is 0 Å². The molecule has 0 N–H and O–H groups in total. The van der Waals surface area contributed by atoms with Gasteiger partial charge in [0.15, 0.2) is 0 Å². The van der Waals surface area contributed by atoms with Crippen LogP contribution >= 0.6 is 0 Å². The van der Waals surface area contributed by atoms with Crippen molar-refractivity contribution in [2.45, 2.75) is 19.3 Å². The van der Waals surface area contributed by atoms with E-state index in [0.717, 1.165) is 13.0 Å². The average molecular weight is 194 g/mol. The zero-order valence-electron chi connectivity index (χ0n) is 7.64. The summed E-state index contributed by atoms with van der Waals surface area (Å²) in [6, 6.07) is 0. The Labute approximate surface area is 80.7 Å². The van der Waals surface area contributed by atoms with Gasteiger partial charge in [-0.3, -0.25) is 9.59 Å². The van der Waals surface area contributed by atoms with Crippen LogP contribution in [0.3, 0.4) is 0 Å². The fraction of sp³-hybridized carbons (Fsp3) is 0.625. The number of likely N-dealkylation sites (tertiary alicyclic amines) is 1. The van der Waals surface area contributed by atoms with E-state index in [4.69, 9.17) is 0 Å². The highest BCUT2D eigenvalue weighted by Crippen LogP contribution is 2.11. The average Bonchev–Trinajstić information content (AvgIpc) is 2.72. The maximum atomic E-state index is 11.2. The molecule has 0 aromatic carbocycles. The minimum atomic E-state index is -0.378. The summed E-state index contributed by atoms with van der Waals surface area (Å²) >= 11 is 0. The SMILES string of the molecule is O=C1N=NN=C1CCN1CCCC1=O. The normalized spacial score (nSPS) is 20.9. The molecule has 0 aromatic rings. The van der Waals surface area contributed by atoms with E-state index in [1.54, 1.807) is 4.90 Å². The number of nitrogens with zero attached hydrogens (tertiary/aromatic N) is 4. The summed E-state index contributed by atoms with van der Waals surface area (Å²) in [7, 11) is 0. The summed E-state index contributed by atoms with van der Waals surface area (Å²) in [5, 5.41) is 10.1. The van der Waals surface area contributed by atoms with Crippen molar-refractivity contribution in [1.82, 2.24) is 4.90 Å². The first-order valence-electron chi connectivity index (χ1n) is 4.57. The first kappa shape index (κ1) is 8.98. The molecule has 2 aliphatic rings. The largest absolute Gasteiger partial charge is 0.342 e. The Morgan fingerprint density at radius 3 is 2.79 bits per heavy atom. The van der Waals surface area contributed by atoms with E-state index in [1.165, 1.54) is 0 Å². The second-order valence-electron chi connectivity index (χ2n) is 3.28. The molecule has 2 heterocycles. The molecule has 0 spiro atoms. The molecule has 6 nitrogen and oxygen atoms in total. The molecule has 1 saturated heterocycles. The van der Waals surface area contributed by atoms with Crippen molar-refractivity contribution in [3.8, 4) is 0 Å². The Bertz CT molecular complexity index is 334. The minimum Gasteiger partial charge on any atom is -0.342 e. The predicted octanol–water partition coefficient (Wildman–Crippen LogP) is 0.347. The lowest BCUT2D eigenvalue weighted by molar-refractivity contribution is -0.127. The lowest BCUT2D eigenvalue weighted by Gasteiger charge is -2.13. The number of hydrogen-bond acceptors (Lipinski definition) is 4. The van der Waals surface area contributed by atoms with Crippen molar-refractivity contribution >= 4 is 17.5 Å². The van der Waals surface area contributed by atoms with Gasteiger partial charge in [0.1, 0.15) is 5.71 Å². The van der Waals surface area contributed by atoms with Gasteiger partial charge in [-0.15, -0.1) is 5.10 Å². The summed E-state index contributed by atoms with van der Waals surface area (Å²) < 4.78 is 0. The Morgan fingerprint density at radius 1 is 1.36 bits per heavy atom. The number of hydrogen-bond donors (Lipinski definition) is 0. The van der Waals surface area contributed by atoms with E-state index in [9.17, 15) is 9.59 Å². The summed E-state index contributed by atoms with van der Waals surface area (Å²) in [5.41, 5.74) is 0.352. The van der Waals surface area contributed by atoms with Gasteiger partial charge in [0.05, 0.1) is 0 Å². The third kappa shape index (κ3) is 1.68. The number of rotatable bonds is 3. The van der Waals surface area contributed by atoms with Crippen molar-refractivity contribution in [3.05, 3.63) is 0 Å². The summed E-state index contributed by atoms with van der Waals surface area (Å²) in [6.07, 6.45) is 1.99. The molecule has 0 aliphatic carbocycles. The molecule has 0 atom stereocenters. The highest BCUT2D eigenvalue weighted by molar-refractivity contribution is 6.39. The van der Waals surface area contributed by atoms with Crippen LogP contribution in [-0.2, 0) is 9.59 Å². The van der Waals surface area contributed by atoms with Gasteiger partial charge in [-0.05, 0) is 11.6 Å². The fourth-order valence-electron chi connectivity index (χ4n) is 1.56. The van der Waals surface area contributed by atoms with Crippen molar-refractivity contribution < 1.29 is 9.59 Å². The molecule has 74 valence electrons. The Kier molecular flexibility index (Phi) is 2.34. The van der Waals surface area contributed by atoms with Crippen LogP contribution in [0.1, 0.15) is 19.3 Å². The monoisotopic (exact) mass is 194 g/mol. The van der Waals surface area contributed by atoms with Crippen molar-refractivity contribution in [1.29, 1.82) is 0 Å². The number of amides is 2. The molecule has 0 aromatic heterocycles. The van der Waals surface area contributed by atoms with E-state index < -0.39 is 0 Å². The van der Waals surface area contributed by atoms with E-state index in [-0.39, 0.29) is 11.8 Å². The van der Waals surface area contributed by atoms with Gasteiger partial charge in [-0.1, -0.05) is 5.11 Å². The third-order valence-electron chi connectivity index (χ3n) is 2.34. The second-order valence-corrected chi connectivity index (χ2v) is 3.28. The smallest absolute Gasteiger partial charge is 0.313 e. The van der Waals surface area contributed by atoms with E-state index in [2.05, 4.69) is 15.4 Å². The maximum absolute atomic E-state index is 11.2. The van der Waals surface area contributed by atoms with Crippen molar-refractivity contribution in [3.63, 3.8) is 0 Å². The fourth-order valence-corrected chi connectivity index (χ4v) is 1.56. The maximum Gasteiger partial charge on any atom is 0.313 e. The molecule has 2 rings (SSSR count). The van der Waals surface area contributed by atoms with Crippen LogP contribution in [0, 0.1) is 0 Å². The molecule has 0 saturated carbocycles. The van der Waals surface area contributed by atoms with Gasteiger partial charge in [0.2, 0.25) is 5.91 Å². The van der Waals surface area contributed by atoms with Crippen LogP contribution in [0.5, 0.6) is 0 Å². The van der Waals surface area contributed by atoms with Crippen LogP contribution < -0.4 is 0 Å². The zero-order valence-corrected chi connectivity index (χ0v) is 7.64. The van der Waals surface area contributed by atoms with Crippen LogP contribution in [0.4, 0.5) is 0 Å². The highest BCUT2D eigenvalue weighted by Gasteiger charge is 2.22. The Hall–Kier alpha value is -1.59. The van der Waals surface area contributed by atoms with Gasteiger partial charge in [0.25, 0.3) is 0 Å². The number of carbonyl (C=O) groups excluding carboxylic acids is 2. The third-order valence-corrected chi connectivity index (χ3v) is 2.34. The first-order chi connectivity index (χ1) is 6.77. The highest BCUT2D eigenvalue weighted by atomic mass is 16.2. The van der Waals surface area contributed by atoms with Crippen LogP contribution in [0.25, 0.3) is 0 Å². The quantitative estimate of drug-likeness (QED) is 0.650. The molecule has 0 unspecified atom stereocenters. The zero-order chi connectivity index (χ0) is 9.97. The molecule has 2 amide bonds. The molecule has 6 heteroatoms. The standard InChI is InChI=1S/C8H10N4O2/c13-7-2-1-4-12(7)5-3-6-8(14)10-11-9-6/h1-5H2. The lowest BCUT2D eigenvalue weighted by Crippen LogP contribution is -2.28. The molecule has 0 bridgehead atoms. The summed E-state index contributed by atoms with van der Waals surface area (Å²) in [4.78, 5) is 23.9. The van der Waals surface area contributed by atoms with E-state index in [1.807, 2.05) is 0 Å². The first-order valence-corrected chi connectivity index (χ1v) is 4.57. The van der Waals surface area contributed by atoms with Gasteiger partial charge < -0.3 is 4.90 Å². The Balaban J connectivity index is 1.83. The second kappa shape index (κ2) is 3.65. The lowest BCUT2D eigenvalue weighted by atomic mass is 10.2. The molecule has 0 radical (unpaired) electrons. The molecule has 14 heavy (non-hydrogen) atoms. The van der Waals surface area contributed by atoms with Crippen LogP contribution in [0.15, 0.2) is 15.4 Å². The Morgan fingerprint density at radius 2 is 2.21 bits per heavy atom. The van der Waals surface area contributed by atoms with Crippen molar-refractivity contribution in [2.75, 3.05) is 13.1 Å². The topological polar surface area (TPSA) is 74.5 Å². The summed E-state index contributed by atoms with van der Waals surface area (Å²) in [6.45, 7) is 1.34. The molecular formula is C8H10N4O2. The predicted molar refractivity (Wildman–Crippen MR) is 47.7 cm³/mol. The van der Waals surface area contributed by atoms with Gasteiger partial charge in [-0.2, -0.15) is 0 Å². The minimum absolute atomic E-state index is 0.157. The van der Waals surface area contributed by atoms with Crippen molar-refractivity contribution in [2.24, 2.45) is 15.4 Å². The number of carbonyl (C=O) groups is 2.